The molecule has 0 atom stereocenters. The van der Waals surface area contributed by atoms with Gasteiger partial charge in [-0.3, -0.25) is 0 Å². The highest BCUT2D eigenvalue weighted by Gasteiger charge is 1.79. The number of carbonyl (C=O) groups excluding carboxylic acids is 1. The average Bonchev–Trinajstić information content (AvgIpc) is 2.21. The lowest BCUT2D eigenvalue weighted by molar-refractivity contribution is -0.106. The third kappa shape index (κ3) is 19.3. The number of carbonyl (C=O) groups is 1. The molecule has 2 nitrogen and oxygen atoms in total. The minimum absolute atomic E-state index is 0. The predicted molar refractivity (Wildman–Crippen MR) is 67.1 cm³/mol. The second kappa shape index (κ2) is 18.6. The summed E-state index contributed by atoms with van der Waals surface area (Å²) in [6, 6.07) is 10.5. The van der Waals surface area contributed by atoms with Crippen LogP contribution in [0, 0.1) is 0 Å². The zero-order chi connectivity index (χ0) is 11.2. The third-order valence-electron chi connectivity index (χ3n) is 1.25. The molecule has 0 radical (unpaired) electrons. The Morgan fingerprint density at radius 2 is 1.40 bits per heavy atom. The highest BCUT2D eigenvalue weighted by molar-refractivity contribution is 5.44. The molecule has 0 saturated heterocycles. The predicted octanol–water partition coefficient (Wildman–Crippen LogP) is 3.05. The van der Waals surface area contributed by atoms with Gasteiger partial charge in [0, 0.05) is 0 Å². The Morgan fingerprint density at radius 1 is 1.07 bits per heavy atom. The first-order valence-corrected chi connectivity index (χ1v) is 5.20. The fourth-order valence-electron chi connectivity index (χ4n) is 0.714. The number of benzene rings is 1. The van der Waals surface area contributed by atoms with Gasteiger partial charge in [0.25, 0.3) is 0 Å². The number of aldehydes is 1. The summed E-state index contributed by atoms with van der Waals surface area (Å²) in [5, 5.41) is 0. The first kappa shape index (κ1) is 19.4. The molecule has 0 saturated carbocycles. The van der Waals surface area contributed by atoms with Crippen molar-refractivity contribution in [3.8, 4) is 0 Å². The van der Waals surface area contributed by atoms with Gasteiger partial charge in [-0.1, -0.05) is 57.5 Å². The van der Waals surface area contributed by atoms with Gasteiger partial charge in [0.05, 0.1) is 0 Å². The molecule has 1 rings (SSSR count). The maximum Gasteiger partial charge on any atom is 0.116 e. The van der Waals surface area contributed by atoms with Crippen molar-refractivity contribution < 1.29 is 10.3 Å². The van der Waals surface area contributed by atoms with Gasteiger partial charge in [-0.2, -0.15) is 0 Å². The fraction of sp³-hybridized carbons (Fsp3) is 0.462. The Kier molecular flexibility index (Phi) is 24.1. The summed E-state index contributed by atoms with van der Waals surface area (Å²) in [5.41, 5.74) is 1.41. The van der Waals surface area contributed by atoms with Crippen LogP contribution in [0.4, 0.5) is 0 Å². The molecule has 0 aliphatic heterocycles. The summed E-state index contributed by atoms with van der Waals surface area (Å²) in [6.07, 6.45) is 3.14. The van der Waals surface area contributed by atoms with Gasteiger partial charge in [-0.15, -0.1) is 0 Å². The van der Waals surface area contributed by atoms with Gasteiger partial charge >= 0.3 is 0 Å². The van der Waals surface area contributed by atoms with Gasteiger partial charge in [-0.05, 0) is 18.9 Å². The molecule has 0 bridgehead atoms. The summed E-state index contributed by atoms with van der Waals surface area (Å²) in [7, 11) is 0. The van der Waals surface area contributed by atoms with E-state index in [4.69, 9.17) is 4.79 Å². The molecule has 0 aromatic heterocycles. The first-order chi connectivity index (χ1) is 6.76. The Bertz CT molecular complexity index is 195. The zero-order valence-corrected chi connectivity index (χ0v) is 10.3. The first-order valence-electron chi connectivity index (χ1n) is 5.20. The monoisotopic (exact) mass is 212 g/mol. The van der Waals surface area contributed by atoms with Crippen LogP contribution in [0.2, 0.25) is 0 Å². The quantitative estimate of drug-likeness (QED) is 0.660. The second-order valence-electron chi connectivity index (χ2n) is 2.78. The second-order valence-corrected chi connectivity index (χ2v) is 2.78. The minimum Gasteiger partial charge on any atom is -0.412 e. The van der Waals surface area contributed by atoms with E-state index in [2.05, 4.69) is 45.0 Å². The Labute approximate surface area is 93.6 Å². The molecule has 1 aromatic rings. The highest BCUT2D eigenvalue weighted by atomic mass is 16.1. The Morgan fingerprint density at radius 3 is 1.60 bits per heavy atom. The molecule has 15 heavy (non-hydrogen) atoms. The smallest absolute Gasteiger partial charge is 0.116 e. The molecule has 0 fully saturated rings. The molecule has 88 valence electrons. The van der Waals surface area contributed by atoms with Crippen LogP contribution in [0.25, 0.3) is 0 Å². The highest BCUT2D eigenvalue weighted by Crippen LogP contribution is 1.96. The van der Waals surface area contributed by atoms with Gasteiger partial charge in [0.2, 0.25) is 0 Å². The van der Waals surface area contributed by atoms with Crippen molar-refractivity contribution in [2.24, 2.45) is 0 Å². The van der Waals surface area contributed by atoms with Crippen molar-refractivity contribution in [2.45, 2.75) is 40.5 Å². The zero-order valence-electron chi connectivity index (χ0n) is 10.3. The lowest BCUT2D eigenvalue weighted by atomic mass is 10.2. The standard InChI is InChI=1S/C8H10.C3H8.C2H4O.H2O/c1-2-8-6-4-3-5-7-8;1-3-2;1-2-3;/h3-7H,2H2,1H3;3H2,1-2H3;2H,1H3;1H2. The van der Waals surface area contributed by atoms with Crippen molar-refractivity contribution in [3.63, 3.8) is 0 Å². The average molecular weight is 212 g/mol. The summed E-state index contributed by atoms with van der Waals surface area (Å²) in [6.45, 7) is 7.86. The molecule has 1 aromatic carbocycles. The molecular formula is C13H24O2. The summed E-state index contributed by atoms with van der Waals surface area (Å²) < 4.78 is 0. The SMILES string of the molecule is CC=O.CCC.CCc1ccccc1.O. The third-order valence-corrected chi connectivity index (χ3v) is 1.25. The van der Waals surface area contributed by atoms with E-state index in [1.807, 2.05) is 6.07 Å². The van der Waals surface area contributed by atoms with Gasteiger partial charge in [0.1, 0.15) is 6.29 Å². The topological polar surface area (TPSA) is 48.6 Å². The van der Waals surface area contributed by atoms with Crippen LogP contribution in [0.3, 0.4) is 0 Å². The maximum absolute atomic E-state index is 8.81. The summed E-state index contributed by atoms with van der Waals surface area (Å²) >= 11 is 0. The molecule has 0 aliphatic rings. The molecule has 2 N–H and O–H groups in total. The van der Waals surface area contributed by atoms with Crippen molar-refractivity contribution in [3.05, 3.63) is 35.9 Å². The number of hydrogen-bond donors (Lipinski definition) is 0. The van der Waals surface area contributed by atoms with Crippen LogP contribution in [0.15, 0.2) is 30.3 Å². The number of rotatable bonds is 1. The van der Waals surface area contributed by atoms with Gasteiger partial charge in [0.15, 0.2) is 0 Å². The van der Waals surface area contributed by atoms with Crippen LogP contribution < -0.4 is 0 Å². The van der Waals surface area contributed by atoms with Crippen molar-refractivity contribution >= 4 is 6.29 Å². The Balaban J connectivity index is -0.000000177. The van der Waals surface area contributed by atoms with E-state index in [0.29, 0.717) is 0 Å². The molecule has 2 heteroatoms. The molecule has 0 spiro atoms. The van der Waals surface area contributed by atoms with E-state index in [-0.39, 0.29) is 5.48 Å². The largest absolute Gasteiger partial charge is 0.412 e. The molecule has 0 amide bonds. The molecule has 0 unspecified atom stereocenters. The lowest BCUT2D eigenvalue weighted by Crippen LogP contribution is -1.73. The molecule has 0 heterocycles. The van der Waals surface area contributed by atoms with E-state index < -0.39 is 0 Å². The summed E-state index contributed by atoms with van der Waals surface area (Å²) in [5.74, 6) is 0. The van der Waals surface area contributed by atoms with Crippen molar-refractivity contribution in [2.75, 3.05) is 0 Å². The van der Waals surface area contributed by atoms with Crippen LogP contribution in [0.1, 0.15) is 39.7 Å². The van der Waals surface area contributed by atoms with Crippen molar-refractivity contribution in [1.29, 1.82) is 0 Å². The van der Waals surface area contributed by atoms with Crippen LogP contribution in [-0.4, -0.2) is 11.8 Å². The van der Waals surface area contributed by atoms with Crippen LogP contribution in [-0.2, 0) is 11.2 Å². The van der Waals surface area contributed by atoms with Gasteiger partial charge < -0.3 is 10.3 Å². The molecule has 0 aliphatic carbocycles. The van der Waals surface area contributed by atoms with Gasteiger partial charge in [-0.25, -0.2) is 0 Å². The molecular weight excluding hydrogens is 188 g/mol. The van der Waals surface area contributed by atoms with Crippen molar-refractivity contribution in [1.82, 2.24) is 0 Å². The minimum atomic E-state index is 0. The van der Waals surface area contributed by atoms with E-state index in [0.717, 1.165) is 12.7 Å². The fourth-order valence-corrected chi connectivity index (χ4v) is 0.714. The van der Waals surface area contributed by atoms with E-state index in [1.165, 1.54) is 18.9 Å². The maximum atomic E-state index is 8.81. The summed E-state index contributed by atoms with van der Waals surface area (Å²) in [4.78, 5) is 8.81. The van der Waals surface area contributed by atoms with E-state index >= 15 is 0 Å². The van der Waals surface area contributed by atoms with Crippen LogP contribution >= 0.6 is 0 Å². The lowest BCUT2D eigenvalue weighted by Gasteiger charge is -1.89. The Hall–Kier alpha value is -1.15. The van der Waals surface area contributed by atoms with Crippen LogP contribution in [0.5, 0.6) is 0 Å². The van der Waals surface area contributed by atoms with E-state index in [9.17, 15) is 0 Å². The number of aryl methyl sites for hydroxylation is 1. The normalized spacial score (nSPS) is 6.93. The van der Waals surface area contributed by atoms with E-state index in [1.54, 1.807) is 0 Å². The number of hydrogen-bond acceptors (Lipinski definition) is 1.